The van der Waals surface area contributed by atoms with Crippen LogP contribution in [-0.4, -0.2) is 16.6 Å². The van der Waals surface area contributed by atoms with Crippen molar-refractivity contribution in [3.8, 4) is 0 Å². The number of halogens is 1. The smallest absolute Gasteiger partial charge is 0.131 e. The average molecular weight is 372 g/mol. The van der Waals surface area contributed by atoms with E-state index in [-0.39, 0.29) is 0 Å². The van der Waals surface area contributed by atoms with Crippen LogP contribution in [0.25, 0.3) is 32.7 Å². The highest BCUT2D eigenvalue weighted by atomic mass is 35.5. The Labute approximate surface area is 162 Å². The largest absolute Gasteiger partial charge is 0.344 e. The van der Waals surface area contributed by atoms with Crippen molar-refractivity contribution in [2.45, 2.75) is 0 Å². The van der Waals surface area contributed by atoms with E-state index in [0.717, 1.165) is 22.3 Å². The van der Waals surface area contributed by atoms with Crippen molar-refractivity contribution in [3.05, 3.63) is 77.9 Å². The molecule has 0 aliphatic heterocycles. The molecule has 3 nitrogen and oxygen atoms in total. The SMILES string of the molecule is CN(c1ccc2c(c1)c1ccccc1n2C)c1cc(Cl)nc2ccccc12. The minimum Gasteiger partial charge on any atom is -0.344 e. The lowest BCUT2D eigenvalue weighted by Crippen LogP contribution is -2.10. The molecule has 0 bridgehead atoms. The quantitative estimate of drug-likeness (QED) is 0.339. The monoisotopic (exact) mass is 371 g/mol. The van der Waals surface area contributed by atoms with Gasteiger partial charge in [0.25, 0.3) is 0 Å². The van der Waals surface area contributed by atoms with E-state index in [2.05, 4.69) is 77.1 Å². The number of hydrogen-bond acceptors (Lipinski definition) is 2. The van der Waals surface area contributed by atoms with Gasteiger partial charge in [0.05, 0.1) is 11.2 Å². The molecule has 2 heterocycles. The minimum absolute atomic E-state index is 0.502. The lowest BCUT2D eigenvalue weighted by Gasteiger charge is -2.22. The maximum Gasteiger partial charge on any atom is 0.131 e. The molecule has 0 N–H and O–H groups in total. The first-order chi connectivity index (χ1) is 13.1. The first-order valence-electron chi connectivity index (χ1n) is 8.90. The number of benzene rings is 3. The molecule has 0 unspecified atom stereocenters. The van der Waals surface area contributed by atoms with Crippen LogP contribution in [0.15, 0.2) is 72.8 Å². The van der Waals surface area contributed by atoms with Crippen LogP contribution in [0.3, 0.4) is 0 Å². The zero-order valence-electron chi connectivity index (χ0n) is 15.1. The van der Waals surface area contributed by atoms with E-state index in [4.69, 9.17) is 11.6 Å². The maximum absolute atomic E-state index is 6.29. The third-order valence-electron chi connectivity index (χ3n) is 5.31. The molecule has 5 aromatic rings. The van der Waals surface area contributed by atoms with Gasteiger partial charge < -0.3 is 9.47 Å². The maximum atomic E-state index is 6.29. The molecule has 132 valence electrons. The Balaban J connectivity index is 1.73. The van der Waals surface area contributed by atoms with Crippen LogP contribution < -0.4 is 4.90 Å². The van der Waals surface area contributed by atoms with E-state index in [1.165, 1.54) is 21.8 Å². The molecule has 0 spiro atoms. The second-order valence-electron chi connectivity index (χ2n) is 6.82. The van der Waals surface area contributed by atoms with Crippen LogP contribution in [0.1, 0.15) is 0 Å². The molecule has 2 aromatic heterocycles. The number of para-hydroxylation sites is 2. The van der Waals surface area contributed by atoms with Crippen molar-refractivity contribution in [1.29, 1.82) is 0 Å². The molecule has 4 heteroatoms. The summed E-state index contributed by atoms with van der Waals surface area (Å²) in [4.78, 5) is 6.62. The predicted octanol–water partition coefficient (Wildman–Crippen LogP) is 6.30. The van der Waals surface area contributed by atoms with Crippen molar-refractivity contribution >= 4 is 55.7 Å². The third kappa shape index (κ3) is 2.47. The Bertz CT molecular complexity index is 1320. The van der Waals surface area contributed by atoms with Crippen LogP contribution in [0.4, 0.5) is 11.4 Å². The summed E-state index contributed by atoms with van der Waals surface area (Å²) in [5.41, 5.74) is 5.53. The minimum atomic E-state index is 0.502. The molecule has 0 saturated heterocycles. The van der Waals surface area contributed by atoms with Crippen molar-refractivity contribution in [2.75, 3.05) is 11.9 Å². The Kier molecular flexibility index (Phi) is 3.59. The number of aromatic nitrogens is 2. The second kappa shape index (κ2) is 6.00. The number of aryl methyl sites for hydroxylation is 1. The van der Waals surface area contributed by atoms with Crippen molar-refractivity contribution in [2.24, 2.45) is 7.05 Å². The lowest BCUT2D eigenvalue weighted by atomic mass is 10.1. The van der Waals surface area contributed by atoms with Crippen LogP contribution in [0.2, 0.25) is 5.15 Å². The molecule has 0 fully saturated rings. The molecular formula is C23H18ClN3. The van der Waals surface area contributed by atoms with Gasteiger partial charge in [-0.1, -0.05) is 48.0 Å². The summed E-state index contributed by atoms with van der Waals surface area (Å²) in [7, 11) is 4.19. The Morgan fingerprint density at radius 1 is 0.815 bits per heavy atom. The number of rotatable bonds is 2. The Morgan fingerprint density at radius 2 is 1.52 bits per heavy atom. The third-order valence-corrected chi connectivity index (χ3v) is 5.50. The number of anilines is 2. The van der Waals surface area contributed by atoms with Gasteiger partial charge in [0.15, 0.2) is 0 Å². The number of nitrogens with zero attached hydrogens (tertiary/aromatic N) is 3. The van der Waals surface area contributed by atoms with E-state index < -0.39 is 0 Å². The molecule has 0 aliphatic rings. The fourth-order valence-corrected chi connectivity index (χ4v) is 4.10. The van der Waals surface area contributed by atoms with Gasteiger partial charge in [-0.15, -0.1) is 0 Å². The second-order valence-corrected chi connectivity index (χ2v) is 7.21. The van der Waals surface area contributed by atoms with E-state index >= 15 is 0 Å². The molecule has 27 heavy (non-hydrogen) atoms. The summed E-state index contributed by atoms with van der Waals surface area (Å²) in [5.74, 6) is 0. The van der Waals surface area contributed by atoms with E-state index in [9.17, 15) is 0 Å². The first-order valence-corrected chi connectivity index (χ1v) is 9.27. The van der Waals surface area contributed by atoms with Crippen LogP contribution in [-0.2, 0) is 7.05 Å². The lowest BCUT2D eigenvalue weighted by molar-refractivity contribution is 1.01. The molecule has 0 saturated carbocycles. The van der Waals surface area contributed by atoms with Crippen LogP contribution in [0, 0.1) is 0 Å². The molecular weight excluding hydrogens is 354 g/mol. The zero-order chi connectivity index (χ0) is 18.5. The standard InChI is InChI=1S/C23H18ClN3/c1-26(22-14-23(24)25-19-9-5-3-8-17(19)22)15-11-12-21-18(13-15)16-7-4-6-10-20(16)27(21)2/h3-14H,1-2H3. The highest BCUT2D eigenvalue weighted by Crippen LogP contribution is 2.36. The number of fused-ring (bicyclic) bond motifs is 4. The molecule has 0 amide bonds. The van der Waals surface area contributed by atoms with Crippen molar-refractivity contribution < 1.29 is 0 Å². The van der Waals surface area contributed by atoms with Gasteiger partial charge >= 0.3 is 0 Å². The van der Waals surface area contributed by atoms with Gasteiger partial charge in [-0.25, -0.2) is 4.98 Å². The topological polar surface area (TPSA) is 21.1 Å². The summed E-state index contributed by atoms with van der Waals surface area (Å²) < 4.78 is 2.24. The highest BCUT2D eigenvalue weighted by molar-refractivity contribution is 6.30. The van der Waals surface area contributed by atoms with Gasteiger partial charge in [-0.2, -0.15) is 0 Å². The number of pyridine rings is 1. The van der Waals surface area contributed by atoms with E-state index in [1.807, 2.05) is 24.3 Å². The van der Waals surface area contributed by atoms with Crippen molar-refractivity contribution in [1.82, 2.24) is 9.55 Å². The van der Waals surface area contributed by atoms with E-state index in [1.54, 1.807) is 0 Å². The van der Waals surface area contributed by atoms with Gasteiger partial charge in [0.2, 0.25) is 0 Å². The molecule has 0 aliphatic carbocycles. The van der Waals surface area contributed by atoms with Gasteiger partial charge in [0, 0.05) is 47.0 Å². The summed E-state index contributed by atoms with van der Waals surface area (Å²) >= 11 is 6.29. The molecule has 3 aromatic carbocycles. The summed E-state index contributed by atoms with van der Waals surface area (Å²) in [6.07, 6.45) is 0. The summed E-state index contributed by atoms with van der Waals surface area (Å²) in [6, 6.07) is 25.1. The van der Waals surface area contributed by atoms with Gasteiger partial charge in [-0.05, 0) is 36.4 Å². The average Bonchev–Trinajstić information content (AvgIpc) is 2.99. The first kappa shape index (κ1) is 16.2. The van der Waals surface area contributed by atoms with Gasteiger partial charge in [-0.3, -0.25) is 0 Å². The summed E-state index contributed by atoms with van der Waals surface area (Å²) in [5, 5.41) is 4.11. The number of hydrogen-bond donors (Lipinski definition) is 0. The van der Waals surface area contributed by atoms with Crippen molar-refractivity contribution in [3.63, 3.8) is 0 Å². The highest BCUT2D eigenvalue weighted by Gasteiger charge is 2.13. The fourth-order valence-electron chi connectivity index (χ4n) is 3.91. The normalized spacial score (nSPS) is 11.5. The molecule has 0 atom stereocenters. The van der Waals surface area contributed by atoms with E-state index in [0.29, 0.717) is 5.15 Å². The van der Waals surface area contributed by atoms with Crippen LogP contribution in [0.5, 0.6) is 0 Å². The van der Waals surface area contributed by atoms with Crippen LogP contribution >= 0.6 is 11.6 Å². The Hall–Kier alpha value is -3.04. The molecule has 0 radical (unpaired) electrons. The molecule has 5 rings (SSSR count). The predicted molar refractivity (Wildman–Crippen MR) is 115 cm³/mol. The summed E-state index contributed by atoms with van der Waals surface area (Å²) in [6.45, 7) is 0. The fraction of sp³-hybridized carbons (Fsp3) is 0.0870. The zero-order valence-corrected chi connectivity index (χ0v) is 15.9. The Morgan fingerprint density at radius 3 is 2.37 bits per heavy atom. The van der Waals surface area contributed by atoms with Gasteiger partial charge in [0.1, 0.15) is 5.15 Å².